The number of anilines is 1. The van der Waals surface area contributed by atoms with Crippen LogP contribution in [0, 0.1) is 5.41 Å². The van der Waals surface area contributed by atoms with E-state index in [0.29, 0.717) is 30.6 Å². The minimum absolute atomic E-state index is 0.0239. The van der Waals surface area contributed by atoms with Crippen molar-refractivity contribution < 1.29 is 19.5 Å². The van der Waals surface area contributed by atoms with Crippen molar-refractivity contribution in [3.05, 3.63) is 42.5 Å². The Kier molecular flexibility index (Phi) is 6.95. The van der Waals surface area contributed by atoms with Gasteiger partial charge in [-0.15, -0.1) is 6.58 Å². The van der Waals surface area contributed by atoms with E-state index >= 15 is 0 Å². The van der Waals surface area contributed by atoms with E-state index in [-0.39, 0.29) is 18.2 Å². The Morgan fingerprint density at radius 1 is 1.08 bits per heavy atom. The number of amides is 2. The first kappa shape index (κ1) is 19.7. The van der Waals surface area contributed by atoms with Crippen molar-refractivity contribution in [2.24, 2.45) is 5.41 Å². The summed E-state index contributed by atoms with van der Waals surface area (Å²) in [6, 6.07) is 6.52. The van der Waals surface area contributed by atoms with Crippen molar-refractivity contribution >= 4 is 23.5 Å². The molecule has 0 bridgehead atoms. The Morgan fingerprint density at radius 2 is 1.69 bits per heavy atom. The van der Waals surface area contributed by atoms with E-state index in [4.69, 9.17) is 0 Å². The van der Waals surface area contributed by atoms with Crippen LogP contribution in [0.15, 0.2) is 36.9 Å². The molecule has 3 N–H and O–H groups in total. The number of nitrogens with one attached hydrogen (secondary N) is 2. The number of rotatable bonds is 7. The molecule has 0 aromatic heterocycles. The third-order valence-electron chi connectivity index (χ3n) is 4.85. The molecule has 26 heavy (non-hydrogen) atoms. The average molecular weight is 358 g/mol. The van der Waals surface area contributed by atoms with Crippen LogP contribution in [0.2, 0.25) is 0 Å². The highest BCUT2D eigenvalue weighted by atomic mass is 16.4. The number of carbonyl (C=O) groups is 3. The van der Waals surface area contributed by atoms with Crippen LogP contribution in [-0.4, -0.2) is 29.4 Å². The van der Waals surface area contributed by atoms with Crippen LogP contribution in [0.1, 0.15) is 55.3 Å². The standard InChI is InChI=1S/C20H26N2O4/c1-2-13-21-18(24)15-7-9-16(10-8-15)22-17(23)14-20(19(25)26)11-5-3-4-6-12-20/h2,7-10H,1,3-6,11-14H2,(H,21,24)(H,22,23)(H,25,26). The molecule has 0 unspecified atom stereocenters. The second-order valence-electron chi connectivity index (χ2n) is 6.80. The summed E-state index contributed by atoms with van der Waals surface area (Å²) in [4.78, 5) is 36.0. The van der Waals surface area contributed by atoms with Gasteiger partial charge in [-0.3, -0.25) is 14.4 Å². The van der Waals surface area contributed by atoms with Gasteiger partial charge in [0.1, 0.15) is 0 Å². The van der Waals surface area contributed by atoms with Crippen molar-refractivity contribution in [2.75, 3.05) is 11.9 Å². The van der Waals surface area contributed by atoms with E-state index in [9.17, 15) is 19.5 Å². The normalized spacial score (nSPS) is 16.2. The Morgan fingerprint density at radius 3 is 2.23 bits per heavy atom. The first-order chi connectivity index (χ1) is 12.5. The zero-order chi connectivity index (χ0) is 19.0. The number of carboxylic acid groups (broad SMARTS) is 1. The molecule has 0 radical (unpaired) electrons. The molecule has 140 valence electrons. The third-order valence-corrected chi connectivity index (χ3v) is 4.85. The molecule has 2 amide bonds. The number of hydrogen-bond donors (Lipinski definition) is 3. The van der Waals surface area contributed by atoms with Crippen LogP contribution in [0.25, 0.3) is 0 Å². The maximum absolute atomic E-state index is 12.4. The average Bonchev–Trinajstić information content (AvgIpc) is 2.86. The van der Waals surface area contributed by atoms with Gasteiger partial charge >= 0.3 is 5.97 Å². The summed E-state index contributed by atoms with van der Waals surface area (Å²) in [6.07, 6.45) is 6.37. The lowest BCUT2D eigenvalue weighted by Crippen LogP contribution is -2.35. The Labute approximate surface area is 153 Å². The molecule has 0 atom stereocenters. The zero-order valence-corrected chi connectivity index (χ0v) is 14.9. The van der Waals surface area contributed by atoms with Gasteiger partial charge in [-0.2, -0.15) is 0 Å². The fourth-order valence-electron chi connectivity index (χ4n) is 3.36. The molecule has 1 aliphatic carbocycles. The highest BCUT2D eigenvalue weighted by Crippen LogP contribution is 2.38. The lowest BCUT2D eigenvalue weighted by atomic mass is 9.77. The van der Waals surface area contributed by atoms with Crippen LogP contribution in [0.4, 0.5) is 5.69 Å². The van der Waals surface area contributed by atoms with E-state index in [1.807, 2.05) is 0 Å². The van der Waals surface area contributed by atoms with Gasteiger partial charge in [0.05, 0.1) is 5.41 Å². The molecule has 0 saturated heterocycles. The van der Waals surface area contributed by atoms with Gasteiger partial charge in [0.15, 0.2) is 0 Å². The summed E-state index contributed by atoms with van der Waals surface area (Å²) < 4.78 is 0. The number of carboxylic acids is 1. The number of carbonyl (C=O) groups excluding carboxylic acids is 2. The van der Waals surface area contributed by atoms with Crippen LogP contribution in [0.3, 0.4) is 0 Å². The van der Waals surface area contributed by atoms with Crippen molar-refractivity contribution in [3.63, 3.8) is 0 Å². The highest BCUT2D eigenvalue weighted by Gasteiger charge is 2.40. The lowest BCUT2D eigenvalue weighted by molar-refractivity contribution is -0.152. The fourth-order valence-corrected chi connectivity index (χ4v) is 3.36. The first-order valence-corrected chi connectivity index (χ1v) is 8.99. The molecular weight excluding hydrogens is 332 g/mol. The van der Waals surface area contributed by atoms with Crippen molar-refractivity contribution in [2.45, 2.75) is 44.9 Å². The quantitative estimate of drug-likeness (QED) is 0.514. The second kappa shape index (κ2) is 9.17. The van der Waals surface area contributed by atoms with Gasteiger partial charge in [0, 0.05) is 24.2 Å². The minimum Gasteiger partial charge on any atom is -0.481 e. The Hall–Kier alpha value is -2.63. The molecule has 0 spiro atoms. The molecule has 0 heterocycles. The van der Waals surface area contributed by atoms with E-state index in [1.165, 1.54) is 0 Å². The second-order valence-corrected chi connectivity index (χ2v) is 6.80. The van der Waals surface area contributed by atoms with Crippen molar-refractivity contribution in [1.82, 2.24) is 5.32 Å². The molecule has 2 rings (SSSR count). The molecular formula is C20H26N2O4. The van der Waals surface area contributed by atoms with Gasteiger partial charge in [-0.05, 0) is 37.1 Å². The molecule has 1 aliphatic rings. The zero-order valence-electron chi connectivity index (χ0n) is 14.9. The lowest BCUT2D eigenvalue weighted by Gasteiger charge is -2.27. The highest BCUT2D eigenvalue weighted by molar-refractivity contribution is 5.96. The molecule has 0 aliphatic heterocycles. The van der Waals surface area contributed by atoms with Crippen LogP contribution >= 0.6 is 0 Å². The van der Waals surface area contributed by atoms with Crippen LogP contribution < -0.4 is 10.6 Å². The molecule has 6 nitrogen and oxygen atoms in total. The molecule has 1 aromatic carbocycles. The van der Waals surface area contributed by atoms with Gasteiger partial charge in [-0.25, -0.2) is 0 Å². The predicted octanol–water partition coefficient (Wildman–Crippen LogP) is 3.36. The van der Waals surface area contributed by atoms with E-state index < -0.39 is 11.4 Å². The third kappa shape index (κ3) is 5.18. The number of aliphatic carboxylic acids is 1. The number of hydrogen-bond acceptors (Lipinski definition) is 3. The summed E-state index contributed by atoms with van der Waals surface area (Å²) in [5.41, 5.74) is 0.0607. The topological polar surface area (TPSA) is 95.5 Å². The SMILES string of the molecule is C=CCNC(=O)c1ccc(NC(=O)CC2(C(=O)O)CCCCCC2)cc1. The van der Waals surface area contributed by atoms with Gasteiger partial charge in [-0.1, -0.05) is 31.8 Å². The number of benzene rings is 1. The summed E-state index contributed by atoms with van der Waals surface area (Å²) in [5.74, 6) is -1.41. The van der Waals surface area contributed by atoms with Crippen LogP contribution in [-0.2, 0) is 9.59 Å². The molecule has 1 saturated carbocycles. The predicted molar refractivity (Wildman–Crippen MR) is 100.0 cm³/mol. The Balaban J connectivity index is 1.99. The van der Waals surface area contributed by atoms with Gasteiger partial charge in [0.25, 0.3) is 5.91 Å². The fraction of sp³-hybridized carbons (Fsp3) is 0.450. The van der Waals surface area contributed by atoms with Gasteiger partial charge < -0.3 is 15.7 Å². The van der Waals surface area contributed by atoms with Crippen LogP contribution in [0.5, 0.6) is 0 Å². The Bertz CT molecular complexity index is 659. The van der Waals surface area contributed by atoms with E-state index in [0.717, 1.165) is 25.7 Å². The molecule has 6 heteroatoms. The summed E-state index contributed by atoms with van der Waals surface area (Å²) >= 11 is 0. The van der Waals surface area contributed by atoms with Gasteiger partial charge in [0.2, 0.25) is 5.91 Å². The maximum Gasteiger partial charge on any atom is 0.310 e. The molecule has 1 fully saturated rings. The summed E-state index contributed by atoms with van der Waals surface area (Å²) in [6.45, 7) is 3.92. The minimum atomic E-state index is -0.967. The maximum atomic E-state index is 12.4. The smallest absolute Gasteiger partial charge is 0.310 e. The largest absolute Gasteiger partial charge is 0.481 e. The first-order valence-electron chi connectivity index (χ1n) is 8.99. The summed E-state index contributed by atoms with van der Waals surface area (Å²) in [5, 5.41) is 15.1. The van der Waals surface area contributed by atoms with E-state index in [2.05, 4.69) is 17.2 Å². The summed E-state index contributed by atoms with van der Waals surface area (Å²) in [7, 11) is 0. The van der Waals surface area contributed by atoms with Crippen molar-refractivity contribution in [1.29, 1.82) is 0 Å². The molecule has 1 aromatic rings. The van der Waals surface area contributed by atoms with Crippen molar-refractivity contribution in [3.8, 4) is 0 Å². The monoisotopic (exact) mass is 358 g/mol. The van der Waals surface area contributed by atoms with E-state index in [1.54, 1.807) is 30.3 Å².